The van der Waals surface area contributed by atoms with Crippen molar-refractivity contribution in [1.82, 2.24) is 6.15 Å². The van der Waals surface area contributed by atoms with Crippen LogP contribution in [0.15, 0.2) is 0 Å². The molecule has 21 valence electrons. The third-order valence-electron chi connectivity index (χ3n) is 0. The molecular formula is C2H3N2. The standard InChI is InChI=1S/C2H3N.N/c1-2-3;/h1H3;. The molecule has 0 N–H and O–H groups in total. The molecule has 0 aliphatic carbocycles. The Labute approximate surface area is 25.6 Å². The zero-order chi connectivity index (χ0) is 2.71. The molecule has 0 spiro atoms. The summed E-state index contributed by atoms with van der Waals surface area (Å²) >= 11 is 0. The zero-order valence-electron chi connectivity index (χ0n) is 2.39. The van der Waals surface area contributed by atoms with Gasteiger partial charge < -0.3 is 0 Å². The predicted octanol–water partition coefficient (Wildman–Crippen LogP) is 0.0493. The van der Waals surface area contributed by atoms with Gasteiger partial charge in [0.05, 0.1) is 6.07 Å². The molecule has 0 bridgehead atoms. The van der Waals surface area contributed by atoms with Gasteiger partial charge in [0.25, 0.3) is 0 Å². The van der Waals surface area contributed by atoms with Gasteiger partial charge in [-0.25, -0.2) is 0 Å². The normalized spacial score (nSPS) is 2.00. The molecule has 0 aliphatic heterocycles. The Morgan fingerprint density at radius 3 is 1.75 bits per heavy atom. The summed E-state index contributed by atoms with van der Waals surface area (Å²) in [4.78, 5) is 0. The molecule has 0 rings (SSSR count). The average molecular weight is 55.1 g/mol. The van der Waals surface area contributed by atoms with Crippen molar-refractivity contribution in [1.29, 1.82) is 5.26 Å². The van der Waals surface area contributed by atoms with Crippen molar-refractivity contribution < 1.29 is 0 Å². The summed E-state index contributed by atoms with van der Waals surface area (Å²) in [6.45, 7) is 1.43. The number of nitrogens with zero attached hydrogens (tertiary/aromatic N) is 2. The Hall–Kier alpha value is -0.550. The summed E-state index contributed by atoms with van der Waals surface area (Å²) in [6.07, 6.45) is 0. The Morgan fingerprint density at radius 2 is 1.75 bits per heavy atom. The van der Waals surface area contributed by atoms with Gasteiger partial charge in [-0.2, -0.15) is 5.26 Å². The van der Waals surface area contributed by atoms with Gasteiger partial charge in [0, 0.05) is 13.1 Å². The summed E-state index contributed by atoms with van der Waals surface area (Å²) in [5.74, 6) is 0. The highest BCUT2D eigenvalue weighted by Crippen LogP contribution is 1.21. The van der Waals surface area contributed by atoms with Crippen molar-refractivity contribution in [2.24, 2.45) is 0 Å². The lowest BCUT2D eigenvalue weighted by molar-refractivity contribution is 1.49. The van der Waals surface area contributed by atoms with E-state index in [9.17, 15) is 0 Å². The summed E-state index contributed by atoms with van der Waals surface area (Å²) in [5, 5.41) is 7.32. The largest absolute Gasteiger partial charge is 0.199 e. The minimum absolute atomic E-state index is 0. The van der Waals surface area contributed by atoms with Crippen LogP contribution < -0.4 is 6.15 Å². The summed E-state index contributed by atoms with van der Waals surface area (Å²) in [7, 11) is 0. The molecule has 0 fully saturated rings. The van der Waals surface area contributed by atoms with Crippen LogP contribution in [0.5, 0.6) is 0 Å². The van der Waals surface area contributed by atoms with E-state index in [1.807, 2.05) is 0 Å². The first-order chi connectivity index (χ1) is 1.41. The second-order valence-corrected chi connectivity index (χ2v) is 0.224. The molecule has 0 atom stereocenters. The molecule has 2 heteroatoms. The number of hydrogen-bond donors (Lipinski definition) is 0. The maximum atomic E-state index is 7.32. The van der Waals surface area contributed by atoms with Crippen molar-refractivity contribution >= 4 is 0 Å². The van der Waals surface area contributed by atoms with Gasteiger partial charge in [-0.15, -0.1) is 0 Å². The van der Waals surface area contributed by atoms with Crippen LogP contribution in [-0.2, 0) is 0 Å². The number of nitriles is 1. The molecule has 0 unspecified atom stereocenters. The molecule has 0 saturated heterocycles. The van der Waals surface area contributed by atoms with Crippen LogP contribution in [0.1, 0.15) is 6.92 Å². The van der Waals surface area contributed by atoms with Crippen molar-refractivity contribution in [2.45, 2.75) is 6.92 Å². The summed E-state index contributed by atoms with van der Waals surface area (Å²) in [5.41, 5.74) is 0. The van der Waals surface area contributed by atoms with Crippen LogP contribution in [-0.4, -0.2) is 0 Å². The Kier molecular flexibility index (Phi) is 62.6. The van der Waals surface area contributed by atoms with Crippen LogP contribution in [0, 0.1) is 11.3 Å². The second-order valence-electron chi connectivity index (χ2n) is 0.224. The number of hydrogen-bond acceptors (Lipinski definition) is 1. The van der Waals surface area contributed by atoms with E-state index in [1.54, 1.807) is 6.07 Å². The second kappa shape index (κ2) is 25.4. The maximum absolute atomic E-state index is 7.32. The summed E-state index contributed by atoms with van der Waals surface area (Å²) in [6, 6.07) is 1.75. The van der Waals surface area contributed by atoms with Gasteiger partial charge >= 0.3 is 0 Å². The molecule has 3 radical (unpaired) electrons. The molecule has 0 amide bonds. The Balaban J connectivity index is 0. The smallest absolute Gasteiger partial charge is 0.0587 e. The van der Waals surface area contributed by atoms with E-state index >= 15 is 0 Å². The van der Waals surface area contributed by atoms with Crippen LogP contribution in [0.2, 0.25) is 0 Å². The van der Waals surface area contributed by atoms with E-state index < -0.39 is 0 Å². The molecule has 4 heavy (non-hydrogen) atoms. The molecular weight excluding hydrogens is 52.0 g/mol. The maximum Gasteiger partial charge on any atom is 0.0587 e. The molecule has 0 aromatic rings. The Morgan fingerprint density at radius 1 is 1.75 bits per heavy atom. The fourth-order valence-electron chi connectivity index (χ4n) is 0. The van der Waals surface area contributed by atoms with Gasteiger partial charge in [-0.3, -0.25) is 0 Å². The van der Waals surface area contributed by atoms with Crippen molar-refractivity contribution in [3.05, 3.63) is 0 Å². The Bertz CT molecular complexity index is 25.5. The minimum atomic E-state index is 0. The fourth-order valence-corrected chi connectivity index (χ4v) is 0. The van der Waals surface area contributed by atoms with Crippen LogP contribution in [0.3, 0.4) is 0 Å². The molecule has 0 aliphatic rings. The third kappa shape index (κ3) is 0.971. The van der Waals surface area contributed by atoms with Crippen molar-refractivity contribution in [3.63, 3.8) is 0 Å². The van der Waals surface area contributed by atoms with Crippen molar-refractivity contribution in [3.8, 4) is 6.07 Å². The van der Waals surface area contributed by atoms with E-state index in [2.05, 4.69) is 0 Å². The van der Waals surface area contributed by atoms with Gasteiger partial charge in [0.15, 0.2) is 0 Å². The lowest BCUT2D eigenvalue weighted by Crippen LogP contribution is -1.10. The molecule has 0 heterocycles. The predicted molar refractivity (Wildman–Crippen MR) is 13.4 cm³/mol. The highest BCUT2D eigenvalue weighted by Gasteiger charge is 1.17. The quantitative estimate of drug-likeness (QED) is 0.386. The SMILES string of the molecule is CC#N.[N]. The van der Waals surface area contributed by atoms with E-state index in [0.29, 0.717) is 0 Å². The van der Waals surface area contributed by atoms with Gasteiger partial charge in [0.1, 0.15) is 0 Å². The average Bonchev–Trinajstić information content (AvgIpc) is 0.918. The number of rotatable bonds is 0. The lowest BCUT2D eigenvalue weighted by atomic mass is 11.0. The van der Waals surface area contributed by atoms with Crippen molar-refractivity contribution in [2.75, 3.05) is 0 Å². The van der Waals surface area contributed by atoms with Crippen LogP contribution in [0.4, 0.5) is 0 Å². The summed E-state index contributed by atoms with van der Waals surface area (Å²) < 4.78 is 0. The van der Waals surface area contributed by atoms with Crippen LogP contribution in [0.25, 0.3) is 0 Å². The third-order valence-corrected chi connectivity index (χ3v) is 0. The van der Waals surface area contributed by atoms with E-state index in [0.717, 1.165) is 0 Å². The first kappa shape index (κ1) is 9.85. The molecule has 0 aromatic carbocycles. The molecule has 2 nitrogen and oxygen atoms in total. The fraction of sp³-hybridized carbons (Fsp3) is 0.500. The highest BCUT2D eigenvalue weighted by molar-refractivity contribution is 4.51. The lowest BCUT2D eigenvalue weighted by Gasteiger charge is -1.15. The zero-order valence-corrected chi connectivity index (χ0v) is 2.39. The van der Waals surface area contributed by atoms with E-state index in [-0.39, 0.29) is 6.15 Å². The van der Waals surface area contributed by atoms with Gasteiger partial charge in [0.2, 0.25) is 0 Å². The van der Waals surface area contributed by atoms with E-state index in [1.165, 1.54) is 6.92 Å². The molecule has 0 aromatic heterocycles. The highest BCUT2D eigenvalue weighted by atomic mass is 14.2. The van der Waals surface area contributed by atoms with E-state index in [4.69, 9.17) is 5.26 Å². The topological polar surface area (TPSA) is 54.3 Å². The first-order valence-corrected chi connectivity index (χ1v) is 0.724. The monoisotopic (exact) mass is 55.0 g/mol. The minimum Gasteiger partial charge on any atom is -0.199 e. The first-order valence-electron chi connectivity index (χ1n) is 0.724. The van der Waals surface area contributed by atoms with Crippen LogP contribution >= 0.6 is 0 Å². The molecule has 0 saturated carbocycles. The van der Waals surface area contributed by atoms with Gasteiger partial charge in [-0.05, 0) is 0 Å². The van der Waals surface area contributed by atoms with Gasteiger partial charge in [-0.1, -0.05) is 0 Å².